The van der Waals surface area contributed by atoms with Crippen molar-refractivity contribution in [2.75, 3.05) is 0 Å². The van der Waals surface area contributed by atoms with Crippen LogP contribution in [0, 0.1) is 15.9 Å². The topological polar surface area (TPSA) is 91.0 Å². The highest BCUT2D eigenvalue weighted by molar-refractivity contribution is 6.12. The van der Waals surface area contributed by atoms with E-state index in [0.29, 0.717) is 16.9 Å². The molecule has 0 bridgehead atoms. The molecule has 3 aromatic carbocycles. The van der Waals surface area contributed by atoms with Crippen molar-refractivity contribution in [3.05, 3.63) is 111 Å². The van der Waals surface area contributed by atoms with E-state index >= 15 is 0 Å². The molecule has 0 aromatic heterocycles. The number of rotatable bonds is 6. The van der Waals surface area contributed by atoms with Gasteiger partial charge in [0, 0.05) is 12.1 Å². The van der Waals surface area contributed by atoms with E-state index in [1.165, 1.54) is 36.4 Å². The van der Waals surface area contributed by atoms with E-state index in [1.54, 1.807) is 42.5 Å². The van der Waals surface area contributed by atoms with Gasteiger partial charge in [0.05, 0.1) is 10.5 Å². The Morgan fingerprint density at radius 2 is 1.84 bits per heavy atom. The lowest BCUT2D eigenvalue weighted by Gasteiger charge is -2.06. The fraction of sp³-hybridized carbons (Fsp3) is 0.0435. The van der Waals surface area contributed by atoms with Gasteiger partial charge in [0.1, 0.15) is 18.2 Å². The third kappa shape index (κ3) is 4.64. The minimum absolute atomic E-state index is 0.00169. The highest BCUT2D eigenvalue weighted by Crippen LogP contribution is 2.22. The molecule has 0 saturated heterocycles. The van der Waals surface area contributed by atoms with Crippen molar-refractivity contribution in [2.24, 2.45) is 4.99 Å². The van der Waals surface area contributed by atoms with Crippen LogP contribution >= 0.6 is 0 Å². The van der Waals surface area contributed by atoms with Gasteiger partial charge in [-0.05, 0) is 41.5 Å². The van der Waals surface area contributed by atoms with E-state index in [-0.39, 0.29) is 29.5 Å². The van der Waals surface area contributed by atoms with Gasteiger partial charge in [-0.1, -0.05) is 36.4 Å². The van der Waals surface area contributed by atoms with Crippen LogP contribution in [0.4, 0.5) is 10.1 Å². The minimum Gasteiger partial charge on any atom is -0.489 e. The summed E-state index contributed by atoms with van der Waals surface area (Å²) < 4.78 is 24.6. The molecule has 1 heterocycles. The summed E-state index contributed by atoms with van der Waals surface area (Å²) in [5.74, 6) is -0.714. The summed E-state index contributed by atoms with van der Waals surface area (Å²) >= 11 is 0. The van der Waals surface area contributed by atoms with Crippen molar-refractivity contribution in [1.82, 2.24) is 0 Å². The van der Waals surface area contributed by atoms with Crippen LogP contribution in [0.15, 0.2) is 83.5 Å². The normalized spacial score (nSPS) is 14.3. The number of carbonyl (C=O) groups excluding carboxylic acids is 1. The molecule has 0 saturated carbocycles. The summed E-state index contributed by atoms with van der Waals surface area (Å²) in [4.78, 5) is 26.6. The second-order valence-corrected chi connectivity index (χ2v) is 6.60. The minimum atomic E-state index is -0.663. The highest BCUT2D eigenvalue weighted by Gasteiger charge is 2.25. The number of ether oxygens (including phenoxy) is 2. The zero-order chi connectivity index (χ0) is 21.8. The zero-order valence-electron chi connectivity index (χ0n) is 16.0. The van der Waals surface area contributed by atoms with Gasteiger partial charge in [-0.3, -0.25) is 10.1 Å². The number of carbonyl (C=O) groups is 1. The lowest BCUT2D eigenvalue weighted by molar-refractivity contribution is -0.384. The van der Waals surface area contributed by atoms with Crippen molar-refractivity contribution in [1.29, 1.82) is 0 Å². The van der Waals surface area contributed by atoms with E-state index < -0.39 is 16.7 Å². The molecular formula is C23H15FN2O5. The van der Waals surface area contributed by atoms with Crippen molar-refractivity contribution in [2.45, 2.75) is 6.61 Å². The van der Waals surface area contributed by atoms with E-state index in [4.69, 9.17) is 9.47 Å². The number of nitrogens with zero attached hydrogens (tertiary/aromatic N) is 2. The van der Waals surface area contributed by atoms with Gasteiger partial charge >= 0.3 is 5.97 Å². The van der Waals surface area contributed by atoms with Gasteiger partial charge < -0.3 is 9.47 Å². The first kappa shape index (κ1) is 20.0. The molecule has 0 aliphatic carbocycles. The first-order valence-corrected chi connectivity index (χ1v) is 9.23. The summed E-state index contributed by atoms with van der Waals surface area (Å²) in [5, 5.41) is 10.8. The molecule has 154 valence electrons. The summed E-state index contributed by atoms with van der Waals surface area (Å²) in [6.07, 6.45) is 1.53. The van der Waals surface area contributed by atoms with Crippen LogP contribution in [-0.4, -0.2) is 16.8 Å². The monoisotopic (exact) mass is 418 g/mol. The Hall–Kier alpha value is -4.33. The van der Waals surface area contributed by atoms with Crippen LogP contribution < -0.4 is 4.74 Å². The van der Waals surface area contributed by atoms with E-state index in [2.05, 4.69) is 4.99 Å². The van der Waals surface area contributed by atoms with Crippen molar-refractivity contribution >= 4 is 23.6 Å². The molecule has 4 rings (SSSR count). The van der Waals surface area contributed by atoms with Gasteiger partial charge in [-0.15, -0.1) is 0 Å². The Balaban J connectivity index is 1.45. The zero-order valence-corrected chi connectivity index (χ0v) is 16.0. The maximum Gasteiger partial charge on any atom is 0.363 e. The number of aliphatic imine (C=N–C) groups is 1. The molecular weight excluding hydrogens is 403 g/mol. The van der Waals surface area contributed by atoms with Gasteiger partial charge in [0.2, 0.25) is 5.90 Å². The second kappa shape index (κ2) is 8.58. The molecule has 31 heavy (non-hydrogen) atoms. The average molecular weight is 418 g/mol. The molecule has 3 aromatic rings. The molecule has 1 aliphatic rings. The summed E-state index contributed by atoms with van der Waals surface area (Å²) in [6, 6.07) is 19.0. The quantitative estimate of drug-likeness (QED) is 0.251. The molecule has 0 atom stereocenters. The number of hydrogen-bond donors (Lipinski definition) is 0. The van der Waals surface area contributed by atoms with E-state index in [0.717, 1.165) is 0 Å². The Morgan fingerprint density at radius 3 is 2.58 bits per heavy atom. The van der Waals surface area contributed by atoms with Crippen LogP contribution in [0.5, 0.6) is 5.75 Å². The fourth-order valence-electron chi connectivity index (χ4n) is 2.90. The standard InChI is InChI=1S/C23H15FN2O5/c24-20-7-2-1-6-19(20)22-25-21(23(27)31-22)13-15-8-10-18(11-9-15)30-14-16-4-3-5-17(12-16)26(28)29/h1-13H,14H2/b21-13+. The average Bonchev–Trinajstić information content (AvgIpc) is 3.13. The van der Waals surface area contributed by atoms with Crippen LogP contribution in [0.1, 0.15) is 16.7 Å². The number of hydrogen-bond acceptors (Lipinski definition) is 6. The lowest BCUT2D eigenvalue weighted by Crippen LogP contribution is -2.07. The molecule has 1 aliphatic heterocycles. The van der Waals surface area contributed by atoms with Crippen LogP contribution in [0.2, 0.25) is 0 Å². The molecule has 0 fully saturated rings. The summed E-state index contributed by atoms with van der Waals surface area (Å²) in [7, 11) is 0. The van der Waals surface area contributed by atoms with Crippen LogP contribution in [-0.2, 0) is 16.1 Å². The maximum absolute atomic E-state index is 13.9. The summed E-state index contributed by atoms with van der Waals surface area (Å²) in [6.45, 7) is 0.171. The number of non-ortho nitro benzene ring substituents is 1. The maximum atomic E-state index is 13.9. The predicted octanol–water partition coefficient (Wildman–Crippen LogP) is 4.66. The number of esters is 1. The fourth-order valence-corrected chi connectivity index (χ4v) is 2.90. The first-order valence-electron chi connectivity index (χ1n) is 9.23. The number of nitro benzene ring substituents is 1. The van der Waals surface area contributed by atoms with Crippen LogP contribution in [0.25, 0.3) is 6.08 Å². The Morgan fingerprint density at radius 1 is 1.06 bits per heavy atom. The van der Waals surface area contributed by atoms with Crippen LogP contribution in [0.3, 0.4) is 0 Å². The van der Waals surface area contributed by atoms with Gasteiger partial charge in [-0.2, -0.15) is 0 Å². The first-order chi connectivity index (χ1) is 15.0. The number of nitro groups is 1. The molecule has 8 heteroatoms. The third-order valence-electron chi connectivity index (χ3n) is 4.44. The smallest absolute Gasteiger partial charge is 0.363 e. The summed E-state index contributed by atoms with van der Waals surface area (Å²) in [5.41, 5.74) is 1.52. The van der Waals surface area contributed by atoms with Crippen molar-refractivity contribution < 1.29 is 23.6 Å². The third-order valence-corrected chi connectivity index (χ3v) is 4.44. The molecule has 0 spiro atoms. The van der Waals surface area contributed by atoms with Gasteiger partial charge in [0.25, 0.3) is 5.69 Å². The molecule has 0 amide bonds. The van der Waals surface area contributed by atoms with Crippen molar-refractivity contribution in [3.8, 4) is 5.75 Å². The Kier molecular flexibility index (Phi) is 5.53. The second-order valence-electron chi connectivity index (χ2n) is 6.60. The predicted molar refractivity (Wildman–Crippen MR) is 111 cm³/mol. The number of halogens is 1. The Labute approximate surface area is 176 Å². The molecule has 0 unspecified atom stereocenters. The molecule has 0 radical (unpaired) electrons. The number of benzene rings is 3. The van der Waals surface area contributed by atoms with Crippen molar-refractivity contribution in [3.63, 3.8) is 0 Å². The van der Waals surface area contributed by atoms with E-state index in [1.807, 2.05) is 0 Å². The number of cyclic esters (lactones) is 1. The molecule has 7 nitrogen and oxygen atoms in total. The van der Waals surface area contributed by atoms with Gasteiger partial charge in [0.15, 0.2) is 5.70 Å². The SMILES string of the molecule is O=C1OC(c2ccccc2F)=N/C1=C/c1ccc(OCc2cccc([N+](=O)[O-])c2)cc1. The highest BCUT2D eigenvalue weighted by atomic mass is 19.1. The van der Waals surface area contributed by atoms with Gasteiger partial charge in [-0.25, -0.2) is 14.2 Å². The molecule has 0 N–H and O–H groups in total. The largest absolute Gasteiger partial charge is 0.489 e. The van der Waals surface area contributed by atoms with E-state index in [9.17, 15) is 19.3 Å². The lowest BCUT2D eigenvalue weighted by atomic mass is 10.2. The Bertz CT molecular complexity index is 1220.